The molecule has 0 spiro atoms. The highest BCUT2D eigenvalue weighted by Crippen LogP contribution is 2.17. The number of carbonyl (C=O) groups excluding carboxylic acids is 2. The smallest absolute Gasteiger partial charge is 0.303 e. The number of hydrogen-bond acceptors (Lipinski definition) is 3. The molecule has 1 aromatic carbocycles. The number of urea groups is 1. The number of aryl methyl sites for hydroxylation is 1. The van der Waals surface area contributed by atoms with Crippen LogP contribution in [0.1, 0.15) is 16.7 Å². The molecule has 3 amide bonds. The van der Waals surface area contributed by atoms with Crippen molar-refractivity contribution in [3.8, 4) is 0 Å². The Morgan fingerprint density at radius 3 is 2.82 bits per heavy atom. The first kappa shape index (κ1) is 14.0. The number of rotatable bonds is 3. The third-order valence-corrected chi connectivity index (χ3v) is 3.38. The molecule has 110 valence electrons. The molecule has 0 atom stereocenters. The number of pyridine rings is 1. The van der Waals surface area contributed by atoms with E-state index in [-0.39, 0.29) is 18.1 Å². The molecule has 0 aliphatic carbocycles. The molecule has 3 rings (SSSR count). The van der Waals surface area contributed by atoms with E-state index in [2.05, 4.69) is 10.3 Å². The first-order valence-corrected chi connectivity index (χ1v) is 6.93. The van der Waals surface area contributed by atoms with Gasteiger partial charge in [-0.3, -0.25) is 14.7 Å². The molecule has 2 heterocycles. The Morgan fingerprint density at radius 2 is 2.09 bits per heavy atom. The van der Waals surface area contributed by atoms with Gasteiger partial charge in [-0.15, -0.1) is 0 Å². The third-order valence-electron chi connectivity index (χ3n) is 3.38. The average molecular weight is 293 g/mol. The lowest BCUT2D eigenvalue weighted by Crippen LogP contribution is -2.30. The zero-order valence-corrected chi connectivity index (χ0v) is 12.1. The van der Waals surface area contributed by atoms with Gasteiger partial charge in [0.05, 0.1) is 6.54 Å². The van der Waals surface area contributed by atoms with Crippen LogP contribution < -0.4 is 5.32 Å². The van der Waals surface area contributed by atoms with Crippen molar-refractivity contribution in [1.82, 2.24) is 15.2 Å². The maximum Gasteiger partial charge on any atom is 0.329 e. The van der Waals surface area contributed by atoms with Crippen molar-refractivity contribution < 1.29 is 9.59 Å². The van der Waals surface area contributed by atoms with Gasteiger partial charge < -0.3 is 5.32 Å². The van der Waals surface area contributed by atoms with E-state index in [1.807, 2.05) is 37.3 Å². The maximum atomic E-state index is 12.4. The lowest BCUT2D eigenvalue weighted by atomic mass is 10.1. The summed E-state index contributed by atoms with van der Waals surface area (Å²) >= 11 is 0. The number of aromatic nitrogens is 1. The van der Waals surface area contributed by atoms with Crippen molar-refractivity contribution in [1.29, 1.82) is 0 Å². The fraction of sp³-hybridized carbons (Fsp3) is 0.118. The maximum absolute atomic E-state index is 12.4. The molecule has 1 aliphatic rings. The Labute approximate surface area is 128 Å². The Bertz CT molecular complexity index is 754. The lowest BCUT2D eigenvalue weighted by Gasteiger charge is -2.12. The minimum atomic E-state index is -0.401. The molecule has 22 heavy (non-hydrogen) atoms. The second-order valence-electron chi connectivity index (χ2n) is 5.15. The van der Waals surface area contributed by atoms with Gasteiger partial charge in [-0.05, 0) is 30.2 Å². The quantitative estimate of drug-likeness (QED) is 0.698. The van der Waals surface area contributed by atoms with E-state index in [4.69, 9.17) is 0 Å². The number of nitrogens with zero attached hydrogens (tertiary/aromatic N) is 2. The normalized spacial score (nSPS) is 16.2. The van der Waals surface area contributed by atoms with Crippen molar-refractivity contribution in [2.75, 3.05) is 0 Å². The minimum absolute atomic E-state index is 0.261. The summed E-state index contributed by atoms with van der Waals surface area (Å²) in [4.78, 5) is 29.6. The van der Waals surface area contributed by atoms with Crippen LogP contribution >= 0.6 is 0 Å². The number of amides is 3. The summed E-state index contributed by atoms with van der Waals surface area (Å²) in [7, 11) is 0. The van der Waals surface area contributed by atoms with Crippen LogP contribution in [-0.4, -0.2) is 21.8 Å². The zero-order valence-electron chi connectivity index (χ0n) is 12.1. The first-order chi connectivity index (χ1) is 10.6. The van der Waals surface area contributed by atoms with Crippen molar-refractivity contribution in [3.05, 3.63) is 71.2 Å². The van der Waals surface area contributed by atoms with Gasteiger partial charge in [-0.2, -0.15) is 0 Å². The number of benzene rings is 1. The zero-order chi connectivity index (χ0) is 15.5. The van der Waals surface area contributed by atoms with Gasteiger partial charge in [-0.1, -0.05) is 35.9 Å². The Morgan fingerprint density at radius 1 is 1.23 bits per heavy atom. The van der Waals surface area contributed by atoms with E-state index in [0.717, 1.165) is 16.7 Å². The van der Waals surface area contributed by atoms with Gasteiger partial charge in [-0.25, -0.2) is 4.79 Å². The fourth-order valence-electron chi connectivity index (χ4n) is 2.34. The van der Waals surface area contributed by atoms with Gasteiger partial charge in [0, 0.05) is 12.4 Å². The number of nitrogens with one attached hydrogen (secondary N) is 1. The largest absolute Gasteiger partial charge is 0.329 e. The topological polar surface area (TPSA) is 62.3 Å². The molecule has 1 aromatic heterocycles. The molecular formula is C17H15N3O2. The van der Waals surface area contributed by atoms with Crippen LogP contribution in [0.5, 0.6) is 0 Å². The van der Waals surface area contributed by atoms with Crippen LogP contribution in [0.2, 0.25) is 0 Å². The highest BCUT2D eigenvalue weighted by atomic mass is 16.2. The summed E-state index contributed by atoms with van der Waals surface area (Å²) in [5.41, 5.74) is 3.05. The molecular weight excluding hydrogens is 278 g/mol. The van der Waals surface area contributed by atoms with E-state index in [0.29, 0.717) is 0 Å². The van der Waals surface area contributed by atoms with Crippen LogP contribution in [-0.2, 0) is 11.3 Å². The molecule has 2 aromatic rings. The molecule has 0 saturated carbocycles. The van der Waals surface area contributed by atoms with Crippen molar-refractivity contribution in [2.24, 2.45) is 0 Å². The summed E-state index contributed by atoms with van der Waals surface area (Å²) in [5, 5.41) is 2.61. The summed E-state index contributed by atoms with van der Waals surface area (Å²) < 4.78 is 0. The SMILES string of the molecule is Cc1cccc(CN2C(=O)N/C(=C/c3cccnc3)C2=O)c1. The number of carbonyl (C=O) groups is 2. The van der Waals surface area contributed by atoms with Crippen LogP contribution in [0.4, 0.5) is 4.79 Å². The minimum Gasteiger partial charge on any atom is -0.303 e. The molecule has 0 bridgehead atoms. The van der Waals surface area contributed by atoms with E-state index in [1.165, 1.54) is 4.90 Å². The van der Waals surface area contributed by atoms with Crippen LogP contribution in [0.25, 0.3) is 6.08 Å². The van der Waals surface area contributed by atoms with Crippen LogP contribution in [0, 0.1) is 6.92 Å². The van der Waals surface area contributed by atoms with Crippen molar-refractivity contribution in [3.63, 3.8) is 0 Å². The third kappa shape index (κ3) is 2.88. The highest BCUT2D eigenvalue weighted by molar-refractivity contribution is 6.13. The predicted octanol–water partition coefficient (Wildman–Crippen LogP) is 2.48. The highest BCUT2D eigenvalue weighted by Gasteiger charge is 2.33. The van der Waals surface area contributed by atoms with E-state index < -0.39 is 6.03 Å². The summed E-state index contributed by atoms with van der Waals surface area (Å²) in [6, 6.07) is 10.9. The van der Waals surface area contributed by atoms with Gasteiger partial charge in [0.15, 0.2) is 0 Å². The van der Waals surface area contributed by atoms with Crippen molar-refractivity contribution in [2.45, 2.75) is 13.5 Å². The Kier molecular flexibility index (Phi) is 3.70. The fourth-order valence-corrected chi connectivity index (χ4v) is 2.34. The second-order valence-corrected chi connectivity index (χ2v) is 5.15. The Balaban J connectivity index is 1.81. The molecule has 0 unspecified atom stereocenters. The van der Waals surface area contributed by atoms with Gasteiger partial charge in [0.1, 0.15) is 5.70 Å². The standard InChI is InChI=1S/C17H15N3O2/c1-12-4-2-5-14(8-12)11-20-16(21)15(19-17(20)22)9-13-6-3-7-18-10-13/h2-10H,11H2,1H3,(H,19,22)/b15-9+. The summed E-state index contributed by atoms with van der Waals surface area (Å²) in [6.45, 7) is 2.24. The Hall–Kier alpha value is -2.95. The van der Waals surface area contributed by atoms with Crippen LogP contribution in [0.3, 0.4) is 0 Å². The monoisotopic (exact) mass is 293 g/mol. The lowest BCUT2D eigenvalue weighted by molar-refractivity contribution is -0.123. The molecule has 1 aliphatic heterocycles. The van der Waals surface area contributed by atoms with Gasteiger partial charge >= 0.3 is 6.03 Å². The average Bonchev–Trinajstić information content (AvgIpc) is 2.76. The molecule has 5 nitrogen and oxygen atoms in total. The summed E-state index contributed by atoms with van der Waals surface area (Å²) in [6.07, 6.45) is 4.92. The van der Waals surface area contributed by atoms with Gasteiger partial charge in [0.2, 0.25) is 0 Å². The molecule has 0 radical (unpaired) electrons. The first-order valence-electron chi connectivity index (χ1n) is 6.93. The number of imide groups is 1. The molecule has 1 N–H and O–H groups in total. The second kappa shape index (κ2) is 5.81. The molecule has 1 fully saturated rings. The van der Waals surface area contributed by atoms with Crippen molar-refractivity contribution >= 4 is 18.0 Å². The molecule has 5 heteroatoms. The summed E-state index contributed by atoms with van der Waals surface area (Å²) in [5.74, 6) is -0.324. The predicted molar refractivity (Wildman–Crippen MR) is 82.5 cm³/mol. The van der Waals surface area contributed by atoms with Crippen LogP contribution in [0.15, 0.2) is 54.5 Å². The van der Waals surface area contributed by atoms with E-state index in [1.54, 1.807) is 24.5 Å². The van der Waals surface area contributed by atoms with E-state index in [9.17, 15) is 9.59 Å². The van der Waals surface area contributed by atoms with Gasteiger partial charge in [0.25, 0.3) is 5.91 Å². The van der Waals surface area contributed by atoms with E-state index >= 15 is 0 Å². The molecule has 1 saturated heterocycles. The number of hydrogen-bond donors (Lipinski definition) is 1.